The van der Waals surface area contributed by atoms with Crippen molar-refractivity contribution in [3.63, 3.8) is 0 Å². The third-order valence-electron chi connectivity index (χ3n) is 2.94. The molecule has 102 valence electrons. The number of halogens is 2. The Morgan fingerprint density at radius 2 is 2.32 bits per heavy atom. The van der Waals surface area contributed by atoms with Crippen LogP contribution in [0.5, 0.6) is 0 Å². The van der Waals surface area contributed by atoms with Crippen LogP contribution in [-0.4, -0.2) is 23.3 Å². The molecule has 1 unspecified atom stereocenters. The Balaban J connectivity index is 2.07. The number of hydrogen-bond donors (Lipinski definition) is 0. The molecule has 1 amide bonds. The fourth-order valence-electron chi connectivity index (χ4n) is 2.03. The summed E-state index contributed by atoms with van der Waals surface area (Å²) < 4.78 is 0.936. The number of amides is 1. The lowest BCUT2D eigenvalue weighted by Gasteiger charge is -2.17. The van der Waals surface area contributed by atoms with Crippen molar-refractivity contribution in [2.75, 3.05) is 17.2 Å². The minimum Gasteiger partial charge on any atom is -0.312 e. The van der Waals surface area contributed by atoms with Crippen LogP contribution in [0.4, 0.5) is 5.69 Å². The Kier molecular flexibility index (Phi) is 5.14. The summed E-state index contributed by atoms with van der Waals surface area (Å²) >= 11 is 9.43. The maximum atomic E-state index is 12.0. The summed E-state index contributed by atoms with van der Waals surface area (Å²) in [6.45, 7) is 2.23. The summed E-state index contributed by atoms with van der Waals surface area (Å²) in [4.78, 5) is 24.8. The largest absolute Gasteiger partial charge is 0.312 e. The summed E-state index contributed by atoms with van der Waals surface area (Å²) in [7, 11) is 0. The van der Waals surface area contributed by atoms with Crippen LogP contribution in [0.15, 0.2) is 18.2 Å². The molecule has 1 fully saturated rings. The lowest BCUT2D eigenvalue weighted by Crippen LogP contribution is -2.24. The first kappa shape index (κ1) is 15.1. The predicted octanol–water partition coefficient (Wildman–Crippen LogP) is 3.58. The van der Waals surface area contributed by atoms with E-state index in [0.29, 0.717) is 23.7 Å². The molecule has 0 bridgehead atoms. The van der Waals surface area contributed by atoms with Crippen LogP contribution in [0, 0.1) is 9.49 Å². The Labute approximate surface area is 135 Å². The quantitative estimate of drug-likeness (QED) is 0.716. The van der Waals surface area contributed by atoms with Gasteiger partial charge in [-0.2, -0.15) is 0 Å². The number of rotatable bonds is 3. The molecule has 3 nitrogen and oxygen atoms in total. The van der Waals surface area contributed by atoms with E-state index in [9.17, 15) is 9.59 Å². The van der Waals surface area contributed by atoms with Crippen LogP contribution < -0.4 is 4.90 Å². The van der Waals surface area contributed by atoms with Crippen molar-refractivity contribution in [2.45, 2.75) is 13.3 Å². The molecule has 0 aliphatic carbocycles. The topological polar surface area (TPSA) is 37.4 Å². The predicted molar refractivity (Wildman–Crippen MR) is 87.8 cm³/mol. The highest BCUT2D eigenvalue weighted by Gasteiger charge is 2.30. The maximum absolute atomic E-state index is 12.0. The Morgan fingerprint density at radius 3 is 2.95 bits per heavy atom. The van der Waals surface area contributed by atoms with Crippen LogP contribution in [0.3, 0.4) is 0 Å². The number of nitrogens with zero attached hydrogens (tertiary/aromatic N) is 1. The molecule has 0 spiro atoms. The zero-order valence-electron chi connectivity index (χ0n) is 10.4. The molecular formula is C13H13ClINO2S. The standard InChI is InChI=1S/C13H13ClINO2S/c1-8(17)19-7-9-4-13(18)16(6-9)10-2-3-11(14)12(15)5-10/h2-3,5,9H,4,6-7H2,1H3. The highest BCUT2D eigenvalue weighted by atomic mass is 127. The number of anilines is 1. The van der Waals surface area contributed by atoms with E-state index in [2.05, 4.69) is 22.6 Å². The van der Waals surface area contributed by atoms with E-state index in [1.165, 1.54) is 11.8 Å². The van der Waals surface area contributed by atoms with Gasteiger partial charge >= 0.3 is 0 Å². The number of hydrogen-bond acceptors (Lipinski definition) is 3. The molecule has 0 aromatic heterocycles. The molecule has 0 saturated carbocycles. The minimum absolute atomic E-state index is 0.104. The number of thioether (sulfide) groups is 1. The van der Waals surface area contributed by atoms with Gasteiger partial charge in [0.15, 0.2) is 5.12 Å². The minimum atomic E-state index is 0.104. The smallest absolute Gasteiger partial charge is 0.227 e. The Bertz CT molecular complexity index is 523. The molecule has 1 aromatic rings. The van der Waals surface area contributed by atoms with Crippen molar-refractivity contribution in [1.82, 2.24) is 0 Å². The van der Waals surface area contributed by atoms with Crippen molar-refractivity contribution in [3.05, 3.63) is 26.8 Å². The molecule has 1 aliphatic rings. The average molecular weight is 410 g/mol. The van der Waals surface area contributed by atoms with Crippen LogP contribution >= 0.6 is 46.0 Å². The molecular weight excluding hydrogens is 397 g/mol. The normalized spacial score (nSPS) is 19.0. The van der Waals surface area contributed by atoms with E-state index < -0.39 is 0 Å². The van der Waals surface area contributed by atoms with Crippen LogP contribution in [0.1, 0.15) is 13.3 Å². The van der Waals surface area contributed by atoms with Gasteiger partial charge in [0.25, 0.3) is 0 Å². The van der Waals surface area contributed by atoms with Crippen molar-refractivity contribution in [1.29, 1.82) is 0 Å². The molecule has 0 radical (unpaired) electrons. The van der Waals surface area contributed by atoms with E-state index in [4.69, 9.17) is 11.6 Å². The van der Waals surface area contributed by atoms with Crippen molar-refractivity contribution >= 4 is 62.7 Å². The third-order valence-corrected chi connectivity index (χ3v) is 5.53. The summed E-state index contributed by atoms with van der Waals surface area (Å²) in [5.74, 6) is 1.07. The summed E-state index contributed by atoms with van der Waals surface area (Å²) in [6, 6.07) is 5.59. The van der Waals surface area contributed by atoms with E-state index in [-0.39, 0.29) is 16.9 Å². The highest BCUT2D eigenvalue weighted by molar-refractivity contribution is 14.1. The highest BCUT2D eigenvalue weighted by Crippen LogP contribution is 2.30. The molecule has 6 heteroatoms. The number of benzene rings is 1. The molecule has 1 atom stereocenters. The van der Waals surface area contributed by atoms with Gasteiger partial charge in [0.2, 0.25) is 5.91 Å². The summed E-state index contributed by atoms with van der Waals surface area (Å²) in [5, 5.41) is 0.798. The number of carbonyl (C=O) groups excluding carboxylic acids is 2. The maximum Gasteiger partial charge on any atom is 0.227 e. The summed E-state index contributed by atoms with van der Waals surface area (Å²) in [5.41, 5.74) is 0.883. The molecule has 2 rings (SSSR count). The van der Waals surface area contributed by atoms with Crippen molar-refractivity contribution < 1.29 is 9.59 Å². The molecule has 0 N–H and O–H groups in total. The van der Waals surface area contributed by atoms with Gasteiger partial charge in [-0.05, 0) is 46.7 Å². The monoisotopic (exact) mass is 409 g/mol. The Morgan fingerprint density at radius 1 is 1.58 bits per heavy atom. The second kappa shape index (κ2) is 6.45. The SMILES string of the molecule is CC(=O)SCC1CC(=O)N(c2ccc(Cl)c(I)c2)C1. The zero-order valence-corrected chi connectivity index (χ0v) is 14.1. The van der Waals surface area contributed by atoms with Gasteiger partial charge in [-0.15, -0.1) is 0 Å². The van der Waals surface area contributed by atoms with Gasteiger partial charge in [0.05, 0.1) is 5.02 Å². The van der Waals surface area contributed by atoms with Gasteiger partial charge in [-0.1, -0.05) is 23.4 Å². The van der Waals surface area contributed by atoms with Crippen molar-refractivity contribution in [2.24, 2.45) is 5.92 Å². The van der Waals surface area contributed by atoms with E-state index >= 15 is 0 Å². The van der Waals surface area contributed by atoms with Crippen LogP contribution in [-0.2, 0) is 9.59 Å². The van der Waals surface area contributed by atoms with Gasteiger partial charge in [0, 0.05) is 34.9 Å². The van der Waals surface area contributed by atoms with Gasteiger partial charge in [-0.25, -0.2) is 0 Å². The van der Waals surface area contributed by atoms with Gasteiger partial charge in [-0.3, -0.25) is 9.59 Å². The second-order valence-electron chi connectivity index (χ2n) is 4.48. The van der Waals surface area contributed by atoms with Crippen LogP contribution in [0.25, 0.3) is 0 Å². The third kappa shape index (κ3) is 3.86. The van der Waals surface area contributed by atoms with E-state index in [1.54, 1.807) is 11.8 Å². The first-order valence-corrected chi connectivity index (χ1v) is 8.30. The molecule has 1 aromatic carbocycles. The average Bonchev–Trinajstić information content (AvgIpc) is 2.72. The summed E-state index contributed by atoms with van der Waals surface area (Å²) in [6.07, 6.45) is 0.513. The first-order chi connectivity index (χ1) is 8.97. The molecule has 1 saturated heterocycles. The Hall–Kier alpha value is -0.270. The molecule has 1 aliphatic heterocycles. The van der Waals surface area contributed by atoms with E-state index in [0.717, 1.165) is 9.26 Å². The fourth-order valence-corrected chi connectivity index (χ4v) is 3.34. The zero-order chi connectivity index (χ0) is 14.0. The van der Waals surface area contributed by atoms with Crippen LogP contribution in [0.2, 0.25) is 5.02 Å². The van der Waals surface area contributed by atoms with Gasteiger partial charge in [0.1, 0.15) is 0 Å². The van der Waals surface area contributed by atoms with Crippen molar-refractivity contribution in [3.8, 4) is 0 Å². The lowest BCUT2D eigenvalue weighted by atomic mass is 10.1. The lowest BCUT2D eigenvalue weighted by molar-refractivity contribution is -0.117. The number of carbonyl (C=O) groups is 2. The molecule has 19 heavy (non-hydrogen) atoms. The second-order valence-corrected chi connectivity index (χ2v) is 7.24. The molecule has 1 heterocycles. The first-order valence-electron chi connectivity index (χ1n) is 5.86. The van der Waals surface area contributed by atoms with E-state index in [1.807, 2.05) is 18.2 Å². The van der Waals surface area contributed by atoms with Gasteiger partial charge < -0.3 is 4.90 Å². The fraction of sp³-hybridized carbons (Fsp3) is 0.385.